The van der Waals surface area contributed by atoms with Gasteiger partial charge in [0, 0.05) is 0 Å². The first-order valence-electron chi connectivity index (χ1n) is 7.24. The van der Waals surface area contributed by atoms with Gasteiger partial charge in [0.15, 0.2) is 0 Å². The molecule has 0 aromatic carbocycles. The zero-order chi connectivity index (χ0) is 12.6. The molecule has 0 bridgehead atoms. The second kappa shape index (κ2) is 8.11. The fourth-order valence-corrected chi connectivity index (χ4v) is 2.81. The summed E-state index contributed by atoms with van der Waals surface area (Å²) in [6.07, 6.45) is 5.29. The number of hydrogen-bond acceptors (Lipinski definition) is 1. The van der Waals surface area contributed by atoms with Crippen LogP contribution >= 0.6 is 0 Å². The number of rotatable bonds is 4. The van der Waals surface area contributed by atoms with Crippen LogP contribution < -0.4 is 5.32 Å². The van der Waals surface area contributed by atoms with Crippen molar-refractivity contribution in [2.24, 2.45) is 17.3 Å². The maximum atomic E-state index is 3.48. The number of nitrogens with one attached hydrogen (secondary N) is 1. The molecule has 1 saturated heterocycles. The lowest BCUT2D eigenvalue weighted by atomic mass is 9.69. The van der Waals surface area contributed by atoms with Gasteiger partial charge in [-0.2, -0.15) is 0 Å². The molecule has 0 amide bonds. The summed E-state index contributed by atoms with van der Waals surface area (Å²) in [5.74, 6) is 1.84. The quantitative estimate of drug-likeness (QED) is 0.747. The Morgan fingerprint density at radius 3 is 2.06 bits per heavy atom. The van der Waals surface area contributed by atoms with E-state index in [0.717, 1.165) is 11.8 Å². The highest BCUT2D eigenvalue weighted by Crippen LogP contribution is 2.39. The van der Waals surface area contributed by atoms with Crippen LogP contribution in [0.2, 0.25) is 0 Å². The Bertz CT molecular complexity index is 157. The monoisotopic (exact) mass is 227 g/mol. The summed E-state index contributed by atoms with van der Waals surface area (Å²) < 4.78 is 0. The third kappa shape index (κ3) is 4.86. The van der Waals surface area contributed by atoms with Crippen LogP contribution in [0.3, 0.4) is 0 Å². The molecule has 0 aliphatic carbocycles. The average Bonchev–Trinajstić information content (AvgIpc) is 2.73. The highest BCUT2D eigenvalue weighted by Gasteiger charge is 2.34. The molecule has 0 aromatic rings. The molecule has 0 radical (unpaired) electrons. The van der Waals surface area contributed by atoms with Crippen LogP contribution in [0.1, 0.15) is 67.2 Å². The van der Waals surface area contributed by atoms with Crippen LogP contribution in [0.4, 0.5) is 0 Å². The molecule has 98 valence electrons. The second-order valence-electron chi connectivity index (χ2n) is 5.82. The van der Waals surface area contributed by atoms with Crippen LogP contribution in [-0.2, 0) is 0 Å². The van der Waals surface area contributed by atoms with Gasteiger partial charge in [0.2, 0.25) is 0 Å². The van der Waals surface area contributed by atoms with Gasteiger partial charge in [-0.1, -0.05) is 60.8 Å². The lowest BCUT2D eigenvalue weighted by molar-refractivity contribution is 0.135. The van der Waals surface area contributed by atoms with Crippen molar-refractivity contribution < 1.29 is 0 Å². The highest BCUT2D eigenvalue weighted by molar-refractivity contribution is 4.86. The second-order valence-corrected chi connectivity index (χ2v) is 5.82. The lowest BCUT2D eigenvalue weighted by Crippen LogP contribution is -2.31. The van der Waals surface area contributed by atoms with Crippen molar-refractivity contribution in [1.82, 2.24) is 5.32 Å². The van der Waals surface area contributed by atoms with Crippen molar-refractivity contribution in [1.29, 1.82) is 0 Å². The average molecular weight is 227 g/mol. The minimum Gasteiger partial charge on any atom is -0.316 e. The Morgan fingerprint density at radius 1 is 1.19 bits per heavy atom. The predicted octanol–water partition coefficient (Wildman–Crippen LogP) is 4.47. The first-order valence-corrected chi connectivity index (χ1v) is 7.24. The van der Waals surface area contributed by atoms with Crippen LogP contribution in [0.15, 0.2) is 0 Å². The topological polar surface area (TPSA) is 12.0 Å². The fourth-order valence-electron chi connectivity index (χ4n) is 2.81. The molecule has 2 unspecified atom stereocenters. The molecule has 0 aromatic heterocycles. The molecule has 1 aliphatic heterocycles. The predicted molar refractivity (Wildman–Crippen MR) is 74.8 cm³/mol. The van der Waals surface area contributed by atoms with E-state index in [1.807, 2.05) is 0 Å². The molecule has 1 heterocycles. The first kappa shape index (κ1) is 16.0. The molecule has 1 aliphatic rings. The molecule has 1 nitrogen and oxygen atoms in total. The van der Waals surface area contributed by atoms with E-state index in [-0.39, 0.29) is 0 Å². The Kier molecular flexibility index (Phi) is 8.09. The molecular weight excluding hydrogens is 194 g/mol. The van der Waals surface area contributed by atoms with Crippen molar-refractivity contribution in [3.05, 3.63) is 0 Å². The van der Waals surface area contributed by atoms with Crippen LogP contribution in [0.25, 0.3) is 0 Å². The highest BCUT2D eigenvalue weighted by atomic mass is 14.9. The van der Waals surface area contributed by atoms with Crippen molar-refractivity contribution in [3.63, 3.8) is 0 Å². The lowest BCUT2D eigenvalue weighted by Gasteiger charge is -2.37. The Labute approximate surface area is 103 Å². The van der Waals surface area contributed by atoms with Gasteiger partial charge in [-0.25, -0.2) is 0 Å². The normalized spacial score (nSPS) is 22.5. The van der Waals surface area contributed by atoms with Crippen molar-refractivity contribution in [3.8, 4) is 0 Å². The summed E-state index contributed by atoms with van der Waals surface area (Å²) in [5, 5.41) is 3.48. The Hall–Kier alpha value is -0.0400. The largest absolute Gasteiger partial charge is 0.316 e. The van der Waals surface area contributed by atoms with Gasteiger partial charge < -0.3 is 5.32 Å². The summed E-state index contributed by atoms with van der Waals surface area (Å²) in [4.78, 5) is 0. The zero-order valence-corrected chi connectivity index (χ0v) is 12.4. The van der Waals surface area contributed by atoms with Gasteiger partial charge >= 0.3 is 0 Å². The minimum atomic E-state index is 0.533. The van der Waals surface area contributed by atoms with E-state index >= 15 is 0 Å². The molecule has 0 spiro atoms. The third-order valence-electron chi connectivity index (χ3n) is 4.02. The van der Waals surface area contributed by atoms with Gasteiger partial charge in [0.05, 0.1) is 0 Å². The summed E-state index contributed by atoms with van der Waals surface area (Å²) >= 11 is 0. The van der Waals surface area contributed by atoms with Gasteiger partial charge in [0.25, 0.3) is 0 Å². The van der Waals surface area contributed by atoms with E-state index in [0.29, 0.717) is 5.41 Å². The molecule has 1 rings (SSSR count). The van der Waals surface area contributed by atoms with Gasteiger partial charge in [0.1, 0.15) is 0 Å². The molecule has 0 saturated carbocycles. The first-order chi connectivity index (χ1) is 7.53. The van der Waals surface area contributed by atoms with Crippen molar-refractivity contribution in [2.75, 3.05) is 13.1 Å². The van der Waals surface area contributed by atoms with E-state index < -0.39 is 0 Å². The Balaban J connectivity index is 0.000000673. The summed E-state index contributed by atoms with van der Waals surface area (Å²) in [7, 11) is 0. The smallest absolute Gasteiger partial charge is 0.00172 e. The minimum absolute atomic E-state index is 0.533. The maximum absolute atomic E-state index is 3.48. The van der Waals surface area contributed by atoms with Crippen LogP contribution in [0, 0.1) is 17.3 Å². The standard InChI is InChI=1S/C12H25N.C3H8/c1-5-11(12(3,4)6-2)10-7-8-13-9-10;1-3-2/h10-11,13H,5-9H2,1-4H3;3H2,1-2H3. The molecular formula is C15H33N. The molecule has 1 fully saturated rings. The van der Waals surface area contributed by atoms with Crippen molar-refractivity contribution in [2.45, 2.75) is 67.2 Å². The van der Waals surface area contributed by atoms with Crippen LogP contribution in [0.5, 0.6) is 0 Å². The van der Waals surface area contributed by atoms with Gasteiger partial charge in [-0.05, 0) is 36.8 Å². The maximum Gasteiger partial charge on any atom is -0.00172 e. The number of hydrogen-bond donors (Lipinski definition) is 1. The summed E-state index contributed by atoms with van der Waals surface area (Å²) in [6.45, 7) is 16.3. The molecule has 1 N–H and O–H groups in total. The van der Waals surface area contributed by atoms with E-state index in [4.69, 9.17) is 0 Å². The van der Waals surface area contributed by atoms with E-state index in [9.17, 15) is 0 Å². The SMILES string of the molecule is CCC.CCC(C1CCNC1)C(C)(C)CC. The van der Waals surface area contributed by atoms with Gasteiger partial charge in [-0.3, -0.25) is 0 Å². The fraction of sp³-hybridized carbons (Fsp3) is 1.00. The van der Waals surface area contributed by atoms with E-state index in [1.54, 1.807) is 0 Å². The van der Waals surface area contributed by atoms with Gasteiger partial charge in [-0.15, -0.1) is 0 Å². The molecule has 16 heavy (non-hydrogen) atoms. The zero-order valence-electron chi connectivity index (χ0n) is 12.4. The summed E-state index contributed by atoms with van der Waals surface area (Å²) in [5.41, 5.74) is 0.533. The van der Waals surface area contributed by atoms with Crippen molar-refractivity contribution >= 4 is 0 Å². The summed E-state index contributed by atoms with van der Waals surface area (Å²) in [6, 6.07) is 0. The Morgan fingerprint density at radius 2 is 1.75 bits per heavy atom. The van der Waals surface area contributed by atoms with E-state index in [1.165, 1.54) is 38.8 Å². The van der Waals surface area contributed by atoms with E-state index in [2.05, 4.69) is 46.9 Å². The third-order valence-corrected chi connectivity index (χ3v) is 4.02. The van der Waals surface area contributed by atoms with Crippen LogP contribution in [-0.4, -0.2) is 13.1 Å². The molecule has 1 heteroatoms. The molecule has 2 atom stereocenters.